The van der Waals surface area contributed by atoms with Gasteiger partial charge in [0.15, 0.2) is 0 Å². The van der Waals surface area contributed by atoms with E-state index in [0.717, 1.165) is 17.1 Å². The fourth-order valence-corrected chi connectivity index (χ4v) is 7.16. The van der Waals surface area contributed by atoms with Crippen molar-refractivity contribution in [2.24, 2.45) is 0 Å². The first-order chi connectivity index (χ1) is 21.8. The number of anilines is 3. The van der Waals surface area contributed by atoms with Gasteiger partial charge in [-0.05, 0) is 100 Å². The fourth-order valence-electron chi connectivity index (χ4n) is 6.07. The van der Waals surface area contributed by atoms with Crippen LogP contribution in [0.25, 0.3) is 53.6 Å². The molecule has 8 rings (SSSR count). The molecule has 0 saturated heterocycles. The molecule has 2 heteroatoms. The largest absolute Gasteiger partial charge is 0.310 e. The van der Waals surface area contributed by atoms with Crippen molar-refractivity contribution in [3.05, 3.63) is 176 Å². The Balaban J connectivity index is 1.23. The van der Waals surface area contributed by atoms with Crippen LogP contribution < -0.4 is 4.90 Å². The molecule has 1 aromatic heterocycles. The maximum absolute atomic E-state index is 2.35. The van der Waals surface area contributed by atoms with E-state index in [4.69, 9.17) is 0 Å². The van der Waals surface area contributed by atoms with E-state index in [1.165, 1.54) is 53.6 Å². The summed E-state index contributed by atoms with van der Waals surface area (Å²) in [5, 5.41) is 2.61. The zero-order valence-electron chi connectivity index (χ0n) is 24.1. The molecule has 0 fully saturated rings. The summed E-state index contributed by atoms with van der Waals surface area (Å²) in [7, 11) is 0. The second kappa shape index (κ2) is 11.3. The highest BCUT2D eigenvalue weighted by Gasteiger charge is 2.15. The van der Waals surface area contributed by atoms with Crippen LogP contribution in [-0.4, -0.2) is 0 Å². The minimum absolute atomic E-state index is 1.13. The standard InChI is InChI=1S/C42H29NS/c1-4-12-30(13-5-1)33-26-34(31-14-6-2-7-15-31)28-35(27-33)32-20-22-37(23-21-32)43(36-16-8-3-9-17-36)38-24-25-42-40(29-38)39-18-10-11-19-41(39)44-42/h1-29H. The van der Waals surface area contributed by atoms with Crippen molar-refractivity contribution < 1.29 is 0 Å². The van der Waals surface area contributed by atoms with Crippen LogP contribution in [0.15, 0.2) is 176 Å². The topological polar surface area (TPSA) is 3.24 Å². The molecule has 0 aliphatic rings. The summed E-state index contributed by atoms with van der Waals surface area (Å²) in [6.07, 6.45) is 0. The Bertz CT molecular complexity index is 2140. The molecule has 44 heavy (non-hydrogen) atoms. The predicted octanol–water partition coefficient (Wildman–Crippen LogP) is 12.5. The molecule has 7 aromatic carbocycles. The number of benzene rings is 7. The van der Waals surface area contributed by atoms with E-state index in [1.807, 2.05) is 11.3 Å². The van der Waals surface area contributed by atoms with E-state index in [2.05, 4.69) is 181 Å². The van der Waals surface area contributed by atoms with Gasteiger partial charge in [0.1, 0.15) is 0 Å². The van der Waals surface area contributed by atoms with Crippen molar-refractivity contribution in [1.29, 1.82) is 0 Å². The lowest BCUT2D eigenvalue weighted by molar-refractivity contribution is 1.29. The van der Waals surface area contributed by atoms with Crippen molar-refractivity contribution in [2.75, 3.05) is 4.90 Å². The van der Waals surface area contributed by atoms with Gasteiger partial charge in [0.25, 0.3) is 0 Å². The van der Waals surface area contributed by atoms with E-state index in [-0.39, 0.29) is 0 Å². The summed E-state index contributed by atoms with van der Waals surface area (Å²) in [5.41, 5.74) is 10.7. The smallest absolute Gasteiger partial charge is 0.0468 e. The van der Waals surface area contributed by atoms with Crippen LogP contribution in [0.2, 0.25) is 0 Å². The molecule has 0 saturated carbocycles. The maximum atomic E-state index is 2.35. The molecule has 0 N–H and O–H groups in total. The number of nitrogens with zero attached hydrogens (tertiary/aromatic N) is 1. The van der Waals surface area contributed by atoms with Gasteiger partial charge in [0.05, 0.1) is 0 Å². The molecule has 0 radical (unpaired) electrons. The molecule has 0 spiro atoms. The third-order valence-electron chi connectivity index (χ3n) is 8.24. The van der Waals surface area contributed by atoms with E-state index >= 15 is 0 Å². The lowest BCUT2D eigenvalue weighted by Crippen LogP contribution is -2.09. The van der Waals surface area contributed by atoms with Crippen LogP contribution in [0.3, 0.4) is 0 Å². The van der Waals surface area contributed by atoms with Crippen molar-refractivity contribution in [1.82, 2.24) is 0 Å². The molecule has 8 aromatic rings. The van der Waals surface area contributed by atoms with Crippen LogP contribution in [0.5, 0.6) is 0 Å². The highest BCUT2D eigenvalue weighted by molar-refractivity contribution is 7.25. The number of para-hydroxylation sites is 1. The van der Waals surface area contributed by atoms with Gasteiger partial charge in [-0.1, -0.05) is 109 Å². The monoisotopic (exact) mass is 579 g/mol. The number of rotatable bonds is 6. The number of thiophene rings is 1. The lowest BCUT2D eigenvalue weighted by Gasteiger charge is -2.26. The van der Waals surface area contributed by atoms with Gasteiger partial charge < -0.3 is 4.90 Å². The number of hydrogen-bond donors (Lipinski definition) is 0. The third kappa shape index (κ3) is 4.96. The molecule has 0 amide bonds. The molecule has 0 aliphatic carbocycles. The first kappa shape index (κ1) is 26.2. The van der Waals surface area contributed by atoms with E-state index < -0.39 is 0 Å². The minimum Gasteiger partial charge on any atom is -0.310 e. The molecule has 1 nitrogen and oxygen atoms in total. The van der Waals surface area contributed by atoms with E-state index in [0.29, 0.717) is 0 Å². The second-order valence-corrected chi connectivity index (χ2v) is 12.1. The summed E-state index contributed by atoms with van der Waals surface area (Å²) < 4.78 is 2.63. The van der Waals surface area contributed by atoms with Gasteiger partial charge in [-0.3, -0.25) is 0 Å². The molecule has 0 bridgehead atoms. The third-order valence-corrected chi connectivity index (χ3v) is 9.39. The molecule has 0 unspecified atom stereocenters. The Morgan fingerprint density at radius 2 is 0.750 bits per heavy atom. The van der Waals surface area contributed by atoms with Gasteiger partial charge in [-0.15, -0.1) is 11.3 Å². The fraction of sp³-hybridized carbons (Fsp3) is 0. The highest BCUT2D eigenvalue weighted by atomic mass is 32.1. The Kier molecular flexibility index (Phi) is 6.75. The number of hydrogen-bond acceptors (Lipinski definition) is 2. The molecule has 1 heterocycles. The summed E-state index contributed by atoms with van der Waals surface area (Å²) >= 11 is 1.85. The van der Waals surface area contributed by atoms with Crippen molar-refractivity contribution >= 4 is 48.6 Å². The van der Waals surface area contributed by atoms with E-state index in [9.17, 15) is 0 Å². The van der Waals surface area contributed by atoms with Crippen molar-refractivity contribution in [2.45, 2.75) is 0 Å². The van der Waals surface area contributed by atoms with Gasteiger partial charge >= 0.3 is 0 Å². The molecular weight excluding hydrogens is 551 g/mol. The minimum atomic E-state index is 1.13. The molecular formula is C42H29NS. The lowest BCUT2D eigenvalue weighted by atomic mass is 9.93. The average Bonchev–Trinajstić information content (AvgIpc) is 3.48. The summed E-state index contributed by atoms with van der Waals surface area (Å²) in [6.45, 7) is 0. The Hall–Kier alpha value is -5.44. The first-order valence-electron chi connectivity index (χ1n) is 14.9. The van der Waals surface area contributed by atoms with Crippen LogP contribution >= 0.6 is 11.3 Å². The van der Waals surface area contributed by atoms with Gasteiger partial charge in [0, 0.05) is 37.2 Å². The van der Waals surface area contributed by atoms with Crippen molar-refractivity contribution in [3.8, 4) is 33.4 Å². The molecule has 208 valence electrons. The summed E-state index contributed by atoms with van der Waals surface area (Å²) in [4.78, 5) is 2.35. The Morgan fingerprint density at radius 1 is 0.295 bits per heavy atom. The Labute approximate surface area is 261 Å². The zero-order chi connectivity index (χ0) is 29.3. The van der Waals surface area contributed by atoms with Gasteiger partial charge in [0.2, 0.25) is 0 Å². The number of fused-ring (bicyclic) bond motifs is 3. The summed E-state index contributed by atoms with van der Waals surface area (Å²) in [6, 6.07) is 63.4. The quantitative estimate of drug-likeness (QED) is 0.189. The molecule has 0 aliphatic heterocycles. The van der Waals surface area contributed by atoms with Crippen LogP contribution in [-0.2, 0) is 0 Å². The van der Waals surface area contributed by atoms with Gasteiger partial charge in [-0.25, -0.2) is 0 Å². The van der Waals surface area contributed by atoms with Crippen LogP contribution in [0.4, 0.5) is 17.1 Å². The van der Waals surface area contributed by atoms with Crippen molar-refractivity contribution in [3.63, 3.8) is 0 Å². The van der Waals surface area contributed by atoms with E-state index in [1.54, 1.807) is 0 Å². The second-order valence-electron chi connectivity index (χ2n) is 11.0. The maximum Gasteiger partial charge on any atom is 0.0468 e. The van der Waals surface area contributed by atoms with Crippen LogP contribution in [0.1, 0.15) is 0 Å². The van der Waals surface area contributed by atoms with Gasteiger partial charge in [-0.2, -0.15) is 0 Å². The predicted molar refractivity (Wildman–Crippen MR) is 190 cm³/mol. The average molecular weight is 580 g/mol. The normalized spacial score (nSPS) is 11.2. The zero-order valence-corrected chi connectivity index (χ0v) is 24.9. The first-order valence-corrected chi connectivity index (χ1v) is 15.7. The Morgan fingerprint density at radius 3 is 1.36 bits per heavy atom. The summed E-state index contributed by atoms with van der Waals surface area (Å²) in [5.74, 6) is 0. The van der Waals surface area contributed by atoms with Crippen LogP contribution in [0, 0.1) is 0 Å². The highest BCUT2D eigenvalue weighted by Crippen LogP contribution is 2.41. The SMILES string of the molecule is c1ccc(-c2cc(-c3ccccc3)cc(-c3ccc(N(c4ccccc4)c4ccc5sc6ccccc6c5c4)cc3)c2)cc1. The molecule has 0 atom stereocenters.